The van der Waals surface area contributed by atoms with Crippen LogP contribution in [0.15, 0.2) is 18.2 Å². The quantitative estimate of drug-likeness (QED) is 0.472. The van der Waals surface area contributed by atoms with Crippen molar-refractivity contribution < 1.29 is 19.0 Å². The van der Waals surface area contributed by atoms with Crippen molar-refractivity contribution in [1.82, 2.24) is 15.3 Å². The smallest absolute Gasteiger partial charge is 0.263 e. The van der Waals surface area contributed by atoms with Crippen LogP contribution < -0.4 is 26.4 Å². The average molecular weight is 523 g/mol. The average Bonchev–Trinajstić information content (AvgIpc) is 3.22. The van der Waals surface area contributed by atoms with E-state index in [1.807, 2.05) is 32.0 Å². The first kappa shape index (κ1) is 23.2. The molecule has 1 saturated carbocycles. The topological polar surface area (TPSA) is 138 Å². The zero-order valence-corrected chi connectivity index (χ0v) is 21.7. The first-order valence-corrected chi connectivity index (χ1v) is 13.5. The molecule has 194 valence electrons. The van der Waals surface area contributed by atoms with Crippen molar-refractivity contribution >= 4 is 39.0 Å². The van der Waals surface area contributed by atoms with Gasteiger partial charge >= 0.3 is 0 Å². The Labute approximate surface area is 218 Å². The Morgan fingerprint density at radius 3 is 2.89 bits per heavy atom. The molecule has 5 N–H and O–H groups in total. The van der Waals surface area contributed by atoms with Crippen molar-refractivity contribution in [1.29, 1.82) is 0 Å². The summed E-state index contributed by atoms with van der Waals surface area (Å²) in [4.78, 5) is 25.8. The number of aromatic nitrogens is 2. The molecule has 0 aromatic carbocycles. The number of carbonyl (C=O) groups excluding carboxylic acids is 1. The third-order valence-corrected chi connectivity index (χ3v) is 8.97. The standard InChI is InChI=1S/C26H30N6O4S/c1-13-7-14(2)29-24-19(13)20(28)21(37-24)22(33)30-16-8-15-3-4-18(31-23(15)34-10-16)32-9-17(27)26(11-32)35-12-25(36-26)5-6-25/h3-4,7,16-17H,5-6,8-12,27-28H2,1-2H3,(H,30,33). The summed E-state index contributed by atoms with van der Waals surface area (Å²) in [5.74, 6) is 0.404. The highest BCUT2D eigenvalue weighted by atomic mass is 32.1. The number of nitrogen functional groups attached to an aromatic ring is 1. The fourth-order valence-electron chi connectivity index (χ4n) is 5.73. The van der Waals surface area contributed by atoms with Gasteiger partial charge in [-0.3, -0.25) is 4.79 Å². The minimum atomic E-state index is -0.758. The molecule has 37 heavy (non-hydrogen) atoms. The van der Waals surface area contributed by atoms with Gasteiger partial charge in [-0.15, -0.1) is 11.3 Å². The largest absolute Gasteiger partial charge is 0.475 e. The zero-order chi connectivity index (χ0) is 25.5. The predicted molar refractivity (Wildman–Crippen MR) is 140 cm³/mol. The molecule has 3 atom stereocenters. The summed E-state index contributed by atoms with van der Waals surface area (Å²) in [6.45, 7) is 6.02. The number of rotatable bonds is 3. The van der Waals surface area contributed by atoms with Gasteiger partial charge in [-0.05, 0) is 50.5 Å². The van der Waals surface area contributed by atoms with Gasteiger partial charge in [0.15, 0.2) is 0 Å². The van der Waals surface area contributed by atoms with E-state index in [1.165, 1.54) is 11.3 Å². The van der Waals surface area contributed by atoms with E-state index in [0.717, 1.165) is 45.7 Å². The van der Waals surface area contributed by atoms with Gasteiger partial charge in [-0.2, -0.15) is 4.98 Å². The van der Waals surface area contributed by atoms with Gasteiger partial charge in [-0.1, -0.05) is 0 Å². The minimum Gasteiger partial charge on any atom is -0.475 e. The van der Waals surface area contributed by atoms with Crippen molar-refractivity contribution in [3.63, 3.8) is 0 Å². The second kappa shape index (κ2) is 8.00. The maximum atomic E-state index is 13.1. The van der Waals surface area contributed by atoms with Gasteiger partial charge in [0.2, 0.25) is 11.7 Å². The van der Waals surface area contributed by atoms with Crippen LogP contribution in [-0.2, 0) is 15.9 Å². The lowest BCUT2D eigenvalue weighted by Crippen LogP contribution is -2.48. The van der Waals surface area contributed by atoms with E-state index in [0.29, 0.717) is 49.2 Å². The number of aryl methyl sites for hydroxylation is 2. The van der Waals surface area contributed by atoms with E-state index < -0.39 is 5.79 Å². The van der Waals surface area contributed by atoms with Crippen LogP contribution in [0.2, 0.25) is 0 Å². The molecule has 2 saturated heterocycles. The van der Waals surface area contributed by atoms with Crippen molar-refractivity contribution in [3.05, 3.63) is 39.9 Å². The van der Waals surface area contributed by atoms with E-state index in [2.05, 4.69) is 15.2 Å². The van der Waals surface area contributed by atoms with Crippen LogP contribution in [0.3, 0.4) is 0 Å². The molecule has 3 aromatic heterocycles. The molecule has 0 bridgehead atoms. The first-order chi connectivity index (χ1) is 17.7. The number of thiophene rings is 1. The Morgan fingerprint density at radius 2 is 2.11 bits per heavy atom. The van der Waals surface area contributed by atoms with Gasteiger partial charge in [0.1, 0.15) is 22.1 Å². The van der Waals surface area contributed by atoms with Crippen LogP contribution in [0.5, 0.6) is 5.88 Å². The molecule has 4 aliphatic rings. The Bertz CT molecular complexity index is 1440. The van der Waals surface area contributed by atoms with Gasteiger partial charge < -0.3 is 35.9 Å². The maximum absolute atomic E-state index is 13.1. The maximum Gasteiger partial charge on any atom is 0.263 e. The van der Waals surface area contributed by atoms with Crippen LogP contribution in [0.25, 0.3) is 10.2 Å². The lowest BCUT2D eigenvalue weighted by molar-refractivity contribution is -0.163. The fourth-order valence-corrected chi connectivity index (χ4v) is 6.85. The first-order valence-electron chi connectivity index (χ1n) is 12.7. The second-order valence-corrected chi connectivity index (χ2v) is 11.8. The number of fused-ring (bicyclic) bond motifs is 2. The molecule has 6 heterocycles. The summed E-state index contributed by atoms with van der Waals surface area (Å²) in [6.07, 6.45) is 2.69. The Hall–Kier alpha value is -2.99. The molecule has 0 radical (unpaired) electrons. The highest BCUT2D eigenvalue weighted by Crippen LogP contribution is 2.51. The Kier molecular flexibility index (Phi) is 5.01. The van der Waals surface area contributed by atoms with E-state index in [9.17, 15) is 4.79 Å². The van der Waals surface area contributed by atoms with Gasteiger partial charge in [0.05, 0.1) is 36.5 Å². The zero-order valence-electron chi connectivity index (χ0n) is 20.9. The molecular formula is C26H30N6O4S. The molecule has 3 unspecified atom stereocenters. The Morgan fingerprint density at radius 1 is 1.27 bits per heavy atom. The van der Waals surface area contributed by atoms with Gasteiger partial charge in [-0.25, -0.2) is 4.98 Å². The number of pyridine rings is 2. The number of ether oxygens (including phenoxy) is 3. The number of nitrogens with one attached hydrogen (secondary N) is 1. The number of nitrogens with two attached hydrogens (primary N) is 2. The lowest BCUT2D eigenvalue weighted by atomic mass is 10.1. The molecule has 1 aliphatic carbocycles. The molecule has 3 aromatic rings. The van der Waals surface area contributed by atoms with Gasteiger partial charge in [0.25, 0.3) is 5.91 Å². The Balaban J connectivity index is 1.04. The number of carbonyl (C=O) groups is 1. The number of nitrogens with zero attached hydrogens (tertiary/aromatic N) is 3. The molecule has 2 spiro atoms. The van der Waals surface area contributed by atoms with E-state index in [1.54, 1.807) is 0 Å². The van der Waals surface area contributed by atoms with Crippen LogP contribution >= 0.6 is 11.3 Å². The summed E-state index contributed by atoms with van der Waals surface area (Å²) < 4.78 is 18.4. The van der Waals surface area contributed by atoms with Crippen molar-refractivity contribution in [2.45, 2.75) is 56.6 Å². The van der Waals surface area contributed by atoms with Crippen molar-refractivity contribution in [3.8, 4) is 5.88 Å². The van der Waals surface area contributed by atoms with Crippen LogP contribution in [0.4, 0.5) is 11.5 Å². The molecular weight excluding hydrogens is 492 g/mol. The third kappa shape index (κ3) is 3.75. The van der Waals surface area contributed by atoms with Crippen LogP contribution in [-0.4, -0.2) is 65.7 Å². The SMILES string of the molecule is Cc1cc(C)c2c(N)c(C(=O)NC3COc4nc(N5CC(N)C6(C5)OCC5(CC5)O6)ccc4C3)sc2n1. The van der Waals surface area contributed by atoms with E-state index in [4.69, 9.17) is 30.7 Å². The summed E-state index contributed by atoms with van der Waals surface area (Å²) in [5, 5.41) is 3.94. The summed E-state index contributed by atoms with van der Waals surface area (Å²) in [7, 11) is 0. The highest BCUT2D eigenvalue weighted by Gasteiger charge is 2.62. The minimum absolute atomic E-state index is 0.117. The normalized spacial score (nSPS) is 27.6. The number of amides is 1. The molecule has 10 nitrogen and oxygen atoms in total. The summed E-state index contributed by atoms with van der Waals surface area (Å²) in [6, 6.07) is 5.53. The van der Waals surface area contributed by atoms with Crippen LogP contribution in [0, 0.1) is 13.8 Å². The molecule has 3 fully saturated rings. The molecule has 1 amide bonds. The third-order valence-electron chi connectivity index (χ3n) is 7.87. The summed E-state index contributed by atoms with van der Waals surface area (Å²) >= 11 is 1.32. The molecule has 7 rings (SSSR count). The molecule has 3 aliphatic heterocycles. The van der Waals surface area contributed by atoms with E-state index in [-0.39, 0.29) is 23.6 Å². The highest BCUT2D eigenvalue weighted by molar-refractivity contribution is 7.21. The number of hydrogen-bond acceptors (Lipinski definition) is 10. The molecule has 11 heteroatoms. The summed E-state index contributed by atoms with van der Waals surface area (Å²) in [5.41, 5.74) is 16.0. The lowest BCUT2D eigenvalue weighted by Gasteiger charge is -2.28. The van der Waals surface area contributed by atoms with Crippen molar-refractivity contribution in [2.75, 3.05) is 36.9 Å². The predicted octanol–water partition coefficient (Wildman–Crippen LogP) is 2.05. The van der Waals surface area contributed by atoms with Crippen molar-refractivity contribution in [2.24, 2.45) is 5.73 Å². The monoisotopic (exact) mass is 522 g/mol. The fraction of sp³-hybridized carbons (Fsp3) is 0.500. The number of anilines is 2. The van der Waals surface area contributed by atoms with Crippen LogP contribution in [0.1, 0.15) is 39.3 Å². The number of hydrogen-bond donors (Lipinski definition) is 3. The van der Waals surface area contributed by atoms with E-state index >= 15 is 0 Å². The van der Waals surface area contributed by atoms with Gasteiger partial charge in [0, 0.05) is 29.6 Å². The second-order valence-electron chi connectivity index (χ2n) is 10.8.